The summed E-state index contributed by atoms with van der Waals surface area (Å²) in [7, 11) is 2.26. The molecule has 0 bridgehead atoms. The predicted molar refractivity (Wildman–Crippen MR) is 120 cm³/mol. The molecule has 8 nitrogen and oxygen atoms in total. The summed E-state index contributed by atoms with van der Waals surface area (Å²) in [5, 5.41) is 20.5. The van der Waals surface area contributed by atoms with Crippen LogP contribution in [0.1, 0.15) is 17.0 Å². The van der Waals surface area contributed by atoms with Crippen molar-refractivity contribution in [2.24, 2.45) is 5.73 Å². The number of rotatable bonds is 10. The highest BCUT2D eigenvalue weighted by molar-refractivity contribution is 8.76. The summed E-state index contributed by atoms with van der Waals surface area (Å²) in [6.07, 6.45) is -0.818. The molecule has 0 fully saturated rings. The van der Waals surface area contributed by atoms with Crippen LogP contribution in [-0.4, -0.2) is 58.4 Å². The number of hydrogen-bond donors (Lipinski definition) is 4. The molecule has 2 aromatic rings. The lowest BCUT2D eigenvalue weighted by atomic mass is 9.98. The highest BCUT2D eigenvalue weighted by atomic mass is 33.1. The number of carbonyl (C=O) groups excluding carboxylic acids is 1. The van der Waals surface area contributed by atoms with E-state index in [4.69, 9.17) is 15.6 Å². The zero-order valence-corrected chi connectivity index (χ0v) is 18.0. The fourth-order valence-electron chi connectivity index (χ4n) is 3.27. The molecule has 0 aromatic heterocycles. The fraction of sp³-hybridized carbons (Fsp3) is 0.286. The predicted octanol–water partition coefficient (Wildman–Crippen LogP) is 2.77. The van der Waals surface area contributed by atoms with Gasteiger partial charge >= 0.3 is 18.0 Å². The van der Waals surface area contributed by atoms with Crippen LogP contribution in [-0.2, 0) is 14.3 Å². The first-order valence-corrected chi connectivity index (χ1v) is 11.9. The van der Waals surface area contributed by atoms with Gasteiger partial charge in [0.05, 0.1) is 0 Å². The van der Waals surface area contributed by atoms with Crippen LogP contribution in [0.3, 0.4) is 0 Å². The number of fused-ring (bicyclic) bond motifs is 3. The van der Waals surface area contributed by atoms with Crippen LogP contribution < -0.4 is 11.1 Å². The molecule has 1 amide bonds. The highest BCUT2D eigenvalue weighted by Crippen LogP contribution is 2.44. The van der Waals surface area contributed by atoms with Crippen molar-refractivity contribution in [1.29, 1.82) is 0 Å². The number of benzene rings is 2. The van der Waals surface area contributed by atoms with Crippen LogP contribution in [0.15, 0.2) is 48.5 Å². The monoisotopic (exact) mass is 462 g/mol. The van der Waals surface area contributed by atoms with Gasteiger partial charge in [0.2, 0.25) is 0 Å². The Morgan fingerprint density at radius 2 is 1.48 bits per heavy atom. The second kappa shape index (κ2) is 10.6. The van der Waals surface area contributed by atoms with Crippen molar-refractivity contribution in [1.82, 2.24) is 5.32 Å². The van der Waals surface area contributed by atoms with E-state index in [0.717, 1.165) is 43.8 Å². The molecule has 3 rings (SSSR count). The third kappa shape index (κ3) is 5.72. The second-order valence-electron chi connectivity index (χ2n) is 6.87. The van der Waals surface area contributed by atoms with Crippen molar-refractivity contribution in [3.63, 3.8) is 0 Å². The lowest BCUT2D eigenvalue weighted by molar-refractivity contribution is -0.139. The Balaban J connectivity index is 1.54. The largest absolute Gasteiger partial charge is 0.480 e. The van der Waals surface area contributed by atoms with Gasteiger partial charge in [-0.1, -0.05) is 70.1 Å². The topological polar surface area (TPSA) is 139 Å². The molecule has 0 saturated heterocycles. The Morgan fingerprint density at radius 1 is 0.935 bits per heavy atom. The number of nitrogens with one attached hydrogen (secondary N) is 1. The Kier molecular flexibility index (Phi) is 7.83. The van der Waals surface area contributed by atoms with Crippen molar-refractivity contribution in [3.8, 4) is 11.1 Å². The fourth-order valence-corrected chi connectivity index (χ4v) is 5.53. The van der Waals surface area contributed by atoms with E-state index >= 15 is 0 Å². The maximum atomic E-state index is 12.3. The highest BCUT2D eigenvalue weighted by Gasteiger charge is 2.29. The molecule has 31 heavy (non-hydrogen) atoms. The van der Waals surface area contributed by atoms with Gasteiger partial charge in [0.15, 0.2) is 0 Å². The van der Waals surface area contributed by atoms with Crippen molar-refractivity contribution in [3.05, 3.63) is 59.7 Å². The molecule has 0 spiro atoms. The van der Waals surface area contributed by atoms with Gasteiger partial charge in [0.25, 0.3) is 0 Å². The third-order valence-electron chi connectivity index (χ3n) is 4.82. The zero-order valence-electron chi connectivity index (χ0n) is 16.4. The first-order chi connectivity index (χ1) is 14.9. The summed E-state index contributed by atoms with van der Waals surface area (Å²) in [4.78, 5) is 34.4. The number of carbonyl (C=O) groups is 3. The number of carboxylic acids is 2. The summed E-state index contributed by atoms with van der Waals surface area (Å²) >= 11 is 0. The van der Waals surface area contributed by atoms with E-state index in [9.17, 15) is 19.5 Å². The van der Waals surface area contributed by atoms with Gasteiger partial charge in [-0.25, -0.2) is 9.59 Å². The minimum absolute atomic E-state index is 0.0382. The second-order valence-corrected chi connectivity index (χ2v) is 9.43. The Bertz CT molecular complexity index is 925. The van der Waals surface area contributed by atoms with Crippen LogP contribution in [0.5, 0.6) is 0 Å². The van der Waals surface area contributed by atoms with Crippen LogP contribution in [0.25, 0.3) is 11.1 Å². The molecular weight excluding hydrogens is 440 g/mol. The van der Waals surface area contributed by atoms with Crippen LogP contribution in [0.4, 0.5) is 4.79 Å². The van der Waals surface area contributed by atoms with E-state index in [1.165, 1.54) is 0 Å². The molecule has 164 valence electrons. The summed E-state index contributed by atoms with van der Waals surface area (Å²) in [5.41, 5.74) is 9.73. The molecule has 0 heterocycles. The quantitative estimate of drug-likeness (QED) is 0.310. The van der Waals surface area contributed by atoms with Gasteiger partial charge in [0.1, 0.15) is 18.7 Å². The number of nitrogens with two attached hydrogens (primary N) is 1. The molecule has 0 saturated carbocycles. The smallest absolute Gasteiger partial charge is 0.407 e. The van der Waals surface area contributed by atoms with E-state index in [0.29, 0.717) is 0 Å². The average Bonchev–Trinajstić information content (AvgIpc) is 3.07. The number of aliphatic carboxylic acids is 2. The molecule has 2 atom stereocenters. The Labute approximate surface area is 186 Å². The molecule has 5 N–H and O–H groups in total. The molecule has 10 heteroatoms. The van der Waals surface area contributed by atoms with E-state index in [2.05, 4.69) is 5.32 Å². The van der Waals surface area contributed by atoms with Crippen molar-refractivity contribution < 1.29 is 29.3 Å². The molecular formula is C21H22N2O6S2. The van der Waals surface area contributed by atoms with Crippen molar-refractivity contribution in [2.45, 2.75) is 18.0 Å². The number of carboxylic acid groups (broad SMARTS) is 2. The summed E-state index contributed by atoms with van der Waals surface area (Å²) in [6.45, 7) is 0.0849. The molecule has 0 aliphatic heterocycles. The van der Waals surface area contributed by atoms with Gasteiger partial charge in [-0.3, -0.25) is 4.79 Å². The molecule has 2 aromatic carbocycles. The Hall–Kier alpha value is -2.69. The molecule has 0 unspecified atom stereocenters. The summed E-state index contributed by atoms with van der Waals surface area (Å²) < 4.78 is 5.37. The zero-order chi connectivity index (χ0) is 22.4. The normalized spacial score (nSPS) is 14.2. The SMILES string of the molecule is N[C@@H](CSSC[C@H](NC(=O)OCC1c2ccccc2-c2ccccc21)C(=O)O)C(=O)O. The first kappa shape index (κ1) is 23.0. The van der Waals surface area contributed by atoms with Crippen LogP contribution in [0, 0.1) is 0 Å². The minimum atomic E-state index is -1.20. The van der Waals surface area contributed by atoms with Crippen molar-refractivity contribution in [2.75, 3.05) is 18.1 Å². The first-order valence-electron chi connectivity index (χ1n) is 9.45. The van der Waals surface area contributed by atoms with Crippen molar-refractivity contribution >= 4 is 39.6 Å². The molecule has 1 aliphatic rings. The number of hydrogen-bond acceptors (Lipinski definition) is 7. The number of amides is 1. The summed E-state index contributed by atoms with van der Waals surface area (Å²) in [5.74, 6) is -2.29. The van der Waals surface area contributed by atoms with Gasteiger partial charge in [0, 0.05) is 17.4 Å². The lowest BCUT2D eigenvalue weighted by Gasteiger charge is -2.17. The lowest BCUT2D eigenvalue weighted by Crippen LogP contribution is -2.43. The molecule has 1 aliphatic carbocycles. The van der Waals surface area contributed by atoms with E-state index in [1.807, 2.05) is 48.5 Å². The van der Waals surface area contributed by atoms with Gasteiger partial charge in [-0.15, -0.1) is 0 Å². The third-order valence-corrected chi connectivity index (χ3v) is 7.26. The van der Waals surface area contributed by atoms with E-state index in [1.54, 1.807) is 0 Å². The van der Waals surface area contributed by atoms with Gasteiger partial charge in [-0.2, -0.15) is 0 Å². The maximum Gasteiger partial charge on any atom is 0.407 e. The van der Waals surface area contributed by atoms with Gasteiger partial charge < -0.3 is 26.0 Å². The van der Waals surface area contributed by atoms with Crippen LogP contribution in [0.2, 0.25) is 0 Å². The minimum Gasteiger partial charge on any atom is -0.480 e. The van der Waals surface area contributed by atoms with E-state index < -0.39 is 30.1 Å². The molecule has 0 radical (unpaired) electrons. The average molecular weight is 463 g/mol. The summed E-state index contributed by atoms with van der Waals surface area (Å²) in [6, 6.07) is 13.6. The number of ether oxygens (including phenoxy) is 1. The number of alkyl carbamates (subject to hydrolysis) is 1. The maximum absolute atomic E-state index is 12.3. The van der Waals surface area contributed by atoms with E-state index in [-0.39, 0.29) is 24.0 Å². The standard InChI is InChI=1S/C21H22N2O6S2/c22-17(19(24)25)10-30-31-11-18(20(26)27)23-21(28)29-9-16-14-7-3-1-5-12(14)13-6-2-4-8-15(13)16/h1-8,16-18H,9-11,22H2,(H,23,28)(H,24,25)(H,26,27)/t17-,18-/m0/s1. The van der Waals surface area contributed by atoms with Gasteiger partial charge in [-0.05, 0) is 22.3 Å². The Morgan fingerprint density at radius 3 is 2.03 bits per heavy atom. The van der Waals surface area contributed by atoms with Crippen LogP contribution >= 0.6 is 21.6 Å².